The molecule has 3 heterocycles. The fraction of sp³-hybridized carbons (Fsp3) is 0.179. The normalized spacial score (nSPS) is 11.1. The van der Waals surface area contributed by atoms with Crippen molar-refractivity contribution in [1.29, 1.82) is 0 Å². The summed E-state index contributed by atoms with van der Waals surface area (Å²) in [4.78, 5) is 15.0. The van der Waals surface area contributed by atoms with Gasteiger partial charge in [-0.3, -0.25) is 4.98 Å². The molecule has 7 heteroatoms. The Morgan fingerprint density at radius 3 is 2.57 bits per heavy atom. The van der Waals surface area contributed by atoms with Gasteiger partial charge in [-0.05, 0) is 55.7 Å². The summed E-state index contributed by atoms with van der Waals surface area (Å²) in [7, 11) is 1.59. The maximum absolute atomic E-state index is 14.3. The molecule has 5 nitrogen and oxygen atoms in total. The van der Waals surface area contributed by atoms with Gasteiger partial charge in [-0.2, -0.15) is 0 Å². The quantitative estimate of drug-likeness (QED) is 0.242. The number of nitrogens with one attached hydrogen (secondary N) is 1. The molecular formula is C28H25FN4OS. The third-order valence-electron chi connectivity index (χ3n) is 5.86. The SMILES string of the molecule is COc1ccc(F)cc1-c1c(C)sc2c(NCCCc3ccccc3)nc(-c3ccncc3)nc12. The topological polar surface area (TPSA) is 59.9 Å². The summed E-state index contributed by atoms with van der Waals surface area (Å²) < 4.78 is 20.8. The lowest BCUT2D eigenvalue weighted by molar-refractivity contribution is 0.415. The van der Waals surface area contributed by atoms with Crippen LogP contribution in [0.4, 0.5) is 10.2 Å². The molecule has 0 amide bonds. The molecule has 0 unspecified atom stereocenters. The molecule has 0 atom stereocenters. The molecule has 0 saturated heterocycles. The van der Waals surface area contributed by atoms with Crippen LogP contribution < -0.4 is 10.1 Å². The molecule has 5 rings (SSSR count). The van der Waals surface area contributed by atoms with Crippen LogP contribution in [-0.4, -0.2) is 28.6 Å². The maximum Gasteiger partial charge on any atom is 0.162 e. The van der Waals surface area contributed by atoms with E-state index in [9.17, 15) is 4.39 Å². The van der Waals surface area contributed by atoms with Crippen molar-refractivity contribution in [2.24, 2.45) is 0 Å². The second-order valence-corrected chi connectivity index (χ2v) is 9.43. The highest BCUT2D eigenvalue weighted by molar-refractivity contribution is 7.20. The lowest BCUT2D eigenvalue weighted by atomic mass is 10.0. The third kappa shape index (κ3) is 4.86. The Labute approximate surface area is 207 Å². The molecule has 2 aromatic carbocycles. The van der Waals surface area contributed by atoms with E-state index in [-0.39, 0.29) is 5.82 Å². The van der Waals surface area contributed by atoms with E-state index >= 15 is 0 Å². The first-order valence-corrected chi connectivity index (χ1v) is 12.3. The number of fused-ring (bicyclic) bond motifs is 1. The van der Waals surface area contributed by atoms with Crippen LogP contribution in [-0.2, 0) is 6.42 Å². The van der Waals surface area contributed by atoms with Crippen molar-refractivity contribution in [2.75, 3.05) is 19.0 Å². The van der Waals surface area contributed by atoms with Gasteiger partial charge in [0.1, 0.15) is 17.4 Å². The molecule has 0 aliphatic heterocycles. The maximum atomic E-state index is 14.3. The van der Waals surface area contributed by atoms with Gasteiger partial charge >= 0.3 is 0 Å². The Kier molecular flexibility index (Phi) is 6.68. The van der Waals surface area contributed by atoms with Crippen molar-refractivity contribution >= 4 is 27.4 Å². The van der Waals surface area contributed by atoms with E-state index in [1.807, 2.05) is 25.1 Å². The first-order valence-electron chi connectivity index (χ1n) is 11.5. The molecular weight excluding hydrogens is 459 g/mol. The number of ether oxygens (including phenoxy) is 1. The number of aryl methyl sites for hydroxylation is 2. The summed E-state index contributed by atoms with van der Waals surface area (Å²) in [6, 6.07) is 18.8. The lowest BCUT2D eigenvalue weighted by Gasteiger charge is -2.11. The minimum Gasteiger partial charge on any atom is -0.496 e. The molecule has 176 valence electrons. The van der Waals surface area contributed by atoms with Crippen LogP contribution >= 0.6 is 11.3 Å². The van der Waals surface area contributed by atoms with Gasteiger partial charge in [0.05, 0.1) is 17.3 Å². The Balaban J connectivity index is 1.57. The predicted molar refractivity (Wildman–Crippen MR) is 141 cm³/mol. The molecule has 0 bridgehead atoms. The fourth-order valence-corrected chi connectivity index (χ4v) is 5.25. The van der Waals surface area contributed by atoms with E-state index in [4.69, 9.17) is 14.7 Å². The smallest absolute Gasteiger partial charge is 0.162 e. The average molecular weight is 485 g/mol. The van der Waals surface area contributed by atoms with Crippen molar-refractivity contribution in [2.45, 2.75) is 19.8 Å². The van der Waals surface area contributed by atoms with Gasteiger partial charge in [0.15, 0.2) is 5.82 Å². The average Bonchev–Trinajstić information content (AvgIpc) is 3.23. The van der Waals surface area contributed by atoms with E-state index < -0.39 is 0 Å². The molecule has 1 N–H and O–H groups in total. The first-order chi connectivity index (χ1) is 17.1. The molecule has 35 heavy (non-hydrogen) atoms. The number of aromatic nitrogens is 3. The summed E-state index contributed by atoms with van der Waals surface area (Å²) in [5.41, 5.74) is 4.52. The van der Waals surface area contributed by atoms with Crippen LogP contribution in [0.1, 0.15) is 16.9 Å². The second kappa shape index (κ2) is 10.2. The second-order valence-electron chi connectivity index (χ2n) is 8.20. The van der Waals surface area contributed by atoms with Crippen molar-refractivity contribution in [3.05, 3.63) is 89.3 Å². The number of halogens is 1. The number of methoxy groups -OCH3 is 1. The standard InChI is InChI=1S/C28H25FN4OS/c1-18-24(22-17-21(29)10-11-23(22)34-2)25-26(35-18)28(31-14-6-9-19-7-4-3-5-8-19)33-27(32-25)20-12-15-30-16-13-20/h3-5,7-8,10-13,15-17H,6,9,14H2,1-2H3,(H,31,32,33). The number of hydrogen-bond acceptors (Lipinski definition) is 6. The first kappa shape index (κ1) is 22.9. The monoisotopic (exact) mass is 484 g/mol. The van der Waals surface area contributed by atoms with Gasteiger partial charge in [-0.15, -0.1) is 11.3 Å². The Hall–Kier alpha value is -3.84. The summed E-state index contributed by atoms with van der Waals surface area (Å²) in [6.45, 7) is 2.80. The van der Waals surface area contributed by atoms with Crippen molar-refractivity contribution in [3.8, 4) is 28.3 Å². The van der Waals surface area contributed by atoms with Crippen LogP contribution in [0.5, 0.6) is 5.75 Å². The minimum absolute atomic E-state index is 0.317. The van der Waals surface area contributed by atoms with Crippen LogP contribution in [0.2, 0.25) is 0 Å². The number of rotatable bonds is 8. The summed E-state index contributed by atoms with van der Waals surface area (Å²) in [5, 5.41) is 3.54. The highest BCUT2D eigenvalue weighted by Crippen LogP contribution is 2.44. The van der Waals surface area contributed by atoms with Gasteiger partial charge in [-0.1, -0.05) is 30.3 Å². The largest absolute Gasteiger partial charge is 0.496 e. The van der Waals surface area contributed by atoms with Gasteiger partial charge in [0.25, 0.3) is 0 Å². The van der Waals surface area contributed by atoms with Crippen molar-refractivity contribution in [3.63, 3.8) is 0 Å². The number of thiophene rings is 1. The highest BCUT2D eigenvalue weighted by Gasteiger charge is 2.21. The van der Waals surface area contributed by atoms with Crippen LogP contribution in [0.15, 0.2) is 73.1 Å². The Bertz CT molecular complexity index is 1450. The summed E-state index contributed by atoms with van der Waals surface area (Å²) in [6.07, 6.45) is 5.40. The number of nitrogens with zero attached hydrogens (tertiary/aromatic N) is 3. The molecule has 5 aromatic rings. The summed E-state index contributed by atoms with van der Waals surface area (Å²) >= 11 is 1.61. The zero-order chi connectivity index (χ0) is 24.2. The van der Waals surface area contributed by atoms with Crippen molar-refractivity contribution in [1.82, 2.24) is 15.0 Å². The Morgan fingerprint density at radius 1 is 1.00 bits per heavy atom. The van der Waals surface area contributed by atoms with Gasteiger partial charge < -0.3 is 10.1 Å². The molecule has 0 saturated carbocycles. The van der Waals surface area contributed by atoms with E-state index in [1.54, 1.807) is 36.9 Å². The number of pyridine rings is 1. The van der Waals surface area contributed by atoms with Crippen molar-refractivity contribution < 1.29 is 9.13 Å². The zero-order valence-electron chi connectivity index (χ0n) is 19.6. The summed E-state index contributed by atoms with van der Waals surface area (Å²) in [5.74, 6) is 1.67. The molecule has 0 fully saturated rings. The zero-order valence-corrected chi connectivity index (χ0v) is 20.4. The van der Waals surface area contributed by atoms with Crippen LogP contribution in [0.3, 0.4) is 0 Å². The lowest BCUT2D eigenvalue weighted by Crippen LogP contribution is -2.06. The van der Waals surface area contributed by atoms with E-state index in [1.165, 1.54) is 17.7 Å². The minimum atomic E-state index is -0.317. The van der Waals surface area contributed by atoms with Crippen LogP contribution in [0.25, 0.3) is 32.7 Å². The Morgan fingerprint density at radius 2 is 1.80 bits per heavy atom. The van der Waals surface area contributed by atoms with E-state index in [2.05, 4.69) is 34.6 Å². The molecule has 3 aromatic heterocycles. The number of hydrogen-bond donors (Lipinski definition) is 1. The third-order valence-corrected chi connectivity index (χ3v) is 6.96. The molecule has 0 spiro atoms. The predicted octanol–water partition coefficient (Wildman–Crippen LogP) is 6.92. The number of anilines is 1. The number of benzene rings is 2. The van der Waals surface area contributed by atoms with Gasteiger partial charge in [0.2, 0.25) is 0 Å². The fourth-order valence-electron chi connectivity index (χ4n) is 4.17. The van der Waals surface area contributed by atoms with Crippen LogP contribution in [0, 0.1) is 12.7 Å². The van der Waals surface area contributed by atoms with E-state index in [0.717, 1.165) is 51.4 Å². The highest BCUT2D eigenvalue weighted by atomic mass is 32.1. The molecule has 0 radical (unpaired) electrons. The van der Waals surface area contributed by atoms with Gasteiger partial charge in [-0.25, -0.2) is 14.4 Å². The van der Waals surface area contributed by atoms with E-state index in [0.29, 0.717) is 17.1 Å². The van der Waals surface area contributed by atoms with Gasteiger partial charge in [0, 0.05) is 40.5 Å². The molecule has 0 aliphatic rings. The molecule has 0 aliphatic carbocycles.